The monoisotopic (exact) mass is 647 g/mol. The molecule has 12 heteroatoms. The molecule has 3 N–H and O–H groups in total. The first kappa shape index (κ1) is 29.3. The summed E-state index contributed by atoms with van der Waals surface area (Å²) in [5.74, 6) is -5.97. The number of imide groups is 2. The topological polar surface area (TPSA) is 136 Å². The second-order valence-electron chi connectivity index (χ2n) is 11.8. The number of anilines is 1. The van der Waals surface area contributed by atoms with Crippen LogP contribution in [-0.2, 0) is 24.6 Å². The predicted octanol–water partition coefficient (Wildman–Crippen LogP) is 5.08. The number of benzene rings is 3. The van der Waals surface area contributed by atoms with E-state index in [1.807, 2.05) is 6.08 Å². The molecule has 2 saturated heterocycles. The van der Waals surface area contributed by atoms with Crippen LogP contribution in [0.5, 0.6) is 11.5 Å². The van der Waals surface area contributed by atoms with Gasteiger partial charge in [0.05, 0.1) is 41.0 Å². The fraction of sp³-hybridized carbons (Fsp3) is 0.273. The number of phenolic OH excluding ortho intramolecular Hbond substituents is 1. The predicted molar refractivity (Wildman–Crippen MR) is 162 cm³/mol. The van der Waals surface area contributed by atoms with E-state index in [0.717, 1.165) is 10.6 Å². The lowest BCUT2D eigenvalue weighted by molar-refractivity contribution is -0.173. The first-order valence-electron chi connectivity index (χ1n) is 14.4. The SMILES string of the molecule is COc1ccc([C@@]23C(=O)N(Nc4ccc(Cl)cc4Cl)C(=O)[C@@H]2C[C@@H]2C(=CC[C@@H]4C(=O)N(O)C(=O)[C@@H]42)[C@@H]3c2ccc(O)cc2)cc1. The zero-order valence-electron chi connectivity index (χ0n) is 23.8. The number of hydrogen-bond donors (Lipinski definition) is 3. The van der Waals surface area contributed by atoms with E-state index < -0.39 is 58.6 Å². The molecular formula is C33H27Cl2N3O7. The molecule has 45 heavy (non-hydrogen) atoms. The van der Waals surface area contributed by atoms with Crippen molar-refractivity contribution in [1.29, 1.82) is 0 Å². The molecule has 7 rings (SSSR count). The summed E-state index contributed by atoms with van der Waals surface area (Å²) in [6.07, 6.45) is 2.12. The van der Waals surface area contributed by atoms with Gasteiger partial charge in [-0.15, -0.1) is 0 Å². The third-order valence-electron chi connectivity index (χ3n) is 9.78. The summed E-state index contributed by atoms with van der Waals surface area (Å²) < 4.78 is 5.39. The standard InChI is InChI=1S/C33H27Cl2N3O7/c1-45-20-9-4-17(5-10-20)33-24(30(41)37(32(33)43)36-26-13-6-18(34)14-25(26)35)15-23-21(28(33)16-2-7-19(39)8-3-16)11-12-22-27(23)31(42)38(44)29(22)40/h2-11,13-14,22-24,27-28,36,39,44H,12,15H2,1H3/t22-,23+,24-,27-,28-,33+/m0/s1. The number of rotatable bonds is 5. The van der Waals surface area contributed by atoms with E-state index in [-0.39, 0.29) is 34.4 Å². The van der Waals surface area contributed by atoms with Crippen LogP contribution < -0.4 is 10.2 Å². The molecule has 0 bridgehead atoms. The van der Waals surface area contributed by atoms with Crippen molar-refractivity contribution in [3.63, 3.8) is 0 Å². The second kappa shape index (κ2) is 10.6. The number of fused-ring (bicyclic) bond motifs is 4. The number of amides is 4. The summed E-state index contributed by atoms with van der Waals surface area (Å²) in [7, 11) is 1.53. The van der Waals surface area contributed by atoms with Crippen molar-refractivity contribution < 1.29 is 34.2 Å². The van der Waals surface area contributed by atoms with Crippen molar-refractivity contribution in [3.8, 4) is 11.5 Å². The van der Waals surface area contributed by atoms with Crippen molar-refractivity contribution >= 4 is 52.5 Å². The Labute approximate surface area is 267 Å². The van der Waals surface area contributed by atoms with Crippen LogP contribution in [-0.4, -0.2) is 51.1 Å². The lowest BCUT2D eigenvalue weighted by Gasteiger charge is -2.50. The lowest BCUT2D eigenvalue weighted by atomic mass is 9.49. The highest BCUT2D eigenvalue weighted by atomic mass is 35.5. The molecule has 230 valence electrons. The number of hydrogen-bond acceptors (Lipinski definition) is 8. The summed E-state index contributed by atoms with van der Waals surface area (Å²) in [6, 6.07) is 18.0. The smallest absolute Gasteiger partial charge is 0.260 e. The average molecular weight is 648 g/mol. The van der Waals surface area contributed by atoms with E-state index in [0.29, 0.717) is 21.9 Å². The van der Waals surface area contributed by atoms with Gasteiger partial charge in [-0.25, -0.2) is 0 Å². The fourth-order valence-electron chi connectivity index (χ4n) is 7.87. The molecular weight excluding hydrogens is 621 g/mol. The van der Waals surface area contributed by atoms with Gasteiger partial charge in [-0.3, -0.25) is 29.8 Å². The molecule has 0 spiro atoms. The van der Waals surface area contributed by atoms with Gasteiger partial charge >= 0.3 is 0 Å². The van der Waals surface area contributed by atoms with Gasteiger partial charge in [0.25, 0.3) is 23.6 Å². The minimum absolute atomic E-state index is 0.0147. The van der Waals surface area contributed by atoms with Crippen LogP contribution in [0.4, 0.5) is 5.69 Å². The maximum Gasteiger partial charge on any atom is 0.260 e. The van der Waals surface area contributed by atoms with Crippen LogP contribution >= 0.6 is 23.2 Å². The minimum Gasteiger partial charge on any atom is -0.508 e. The maximum absolute atomic E-state index is 15.0. The maximum atomic E-state index is 15.0. The van der Waals surface area contributed by atoms with Gasteiger partial charge in [0.2, 0.25) is 0 Å². The van der Waals surface area contributed by atoms with E-state index in [1.54, 1.807) is 48.5 Å². The number of hydrazine groups is 1. The normalized spacial score (nSPS) is 28.9. The van der Waals surface area contributed by atoms with Crippen LogP contribution in [0.3, 0.4) is 0 Å². The Kier molecular flexibility index (Phi) is 6.92. The average Bonchev–Trinajstić information content (AvgIpc) is 3.39. The molecule has 4 aliphatic rings. The highest BCUT2D eigenvalue weighted by Crippen LogP contribution is 2.64. The Morgan fingerprint density at radius 2 is 1.62 bits per heavy atom. The van der Waals surface area contributed by atoms with Gasteiger partial charge in [-0.05, 0) is 72.4 Å². The molecule has 3 fully saturated rings. The Morgan fingerprint density at radius 3 is 2.29 bits per heavy atom. The lowest BCUT2D eigenvalue weighted by Crippen LogP contribution is -2.53. The largest absolute Gasteiger partial charge is 0.508 e. The van der Waals surface area contributed by atoms with E-state index >= 15 is 4.79 Å². The molecule has 10 nitrogen and oxygen atoms in total. The van der Waals surface area contributed by atoms with Crippen molar-refractivity contribution in [3.05, 3.63) is 99.6 Å². The van der Waals surface area contributed by atoms with Crippen molar-refractivity contribution in [2.75, 3.05) is 12.5 Å². The molecule has 2 heterocycles. The van der Waals surface area contributed by atoms with Gasteiger partial charge in [-0.2, -0.15) is 10.1 Å². The van der Waals surface area contributed by atoms with Crippen molar-refractivity contribution in [2.24, 2.45) is 23.7 Å². The highest BCUT2D eigenvalue weighted by molar-refractivity contribution is 6.36. The number of carbonyl (C=O) groups excluding carboxylic acids is 4. The van der Waals surface area contributed by atoms with E-state index in [1.165, 1.54) is 25.3 Å². The molecule has 1 saturated carbocycles. The van der Waals surface area contributed by atoms with E-state index in [4.69, 9.17) is 27.9 Å². The van der Waals surface area contributed by atoms with Crippen LogP contribution in [0.25, 0.3) is 0 Å². The molecule has 2 aliphatic heterocycles. The molecule has 3 aromatic rings. The molecule has 0 unspecified atom stereocenters. The van der Waals surface area contributed by atoms with E-state index in [2.05, 4.69) is 5.43 Å². The Balaban J connectivity index is 1.46. The number of carbonyl (C=O) groups is 4. The number of allylic oxidation sites excluding steroid dienone is 2. The number of phenols is 1. The van der Waals surface area contributed by atoms with Gasteiger partial charge in [-0.1, -0.05) is 59.1 Å². The zero-order chi connectivity index (χ0) is 31.8. The highest BCUT2D eigenvalue weighted by Gasteiger charge is 2.70. The minimum atomic E-state index is -1.51. The first-order valence-corrected chi connectivity index (χ1v) is 15.1. The van der Waals surface area contributed by atoms with Crippen LogP contribution in [0.2, 0.25) is 10.0 Å². The summed E-state index contributed by atoms with van der Waals surface area (Å²) >= 11 is 12.5. The van der Waals surface area contributed by atoms with Crippen molar-refractivity contribution in [2.45, 2.75) is 24.2 Å². The molecule has 3 aromatic carbocycles. The number of halogens is 2. The zero-order valence-corrected chi connectivity index (χ0v) is 25.3. The quantitative estimate of drug-likeness (QED) is 0.198. The second-order valence-corrected chi connectivity index (χ2v) is 12.6. The molecule has 6 atom stereocenters. The molecule has 0 radical (unpaired) electrons. The van der Waals surface area contributed by atoms with Crippen molar-refractivity contribution in [1.82, 2.24) is 10.1 Å². The summed E-state index contributed by atoms with van der Waals surface area (Å²) in [6.45, 7) is 0. The van der Waals surface area contributed by atoms with Gasteiger partial charge in [0, 0.05) is 10.9 Å². The van der Waals surface area contributed by atoms with Crippen LogP contribution in [0.15, 0.2) is 78.4 Å². The summed E-state index contributed by atoms with van der Waals surface area (Å²) in [5, 5.41) is 22.2. The van der Waals surface area contributed by atoms with Gasteiger partial charge in [0.15, 0.2) is 0 Å². The molecule has 2 aliphatic carbocycles. The van der Waals surface area contributed by atoms with Gasteiger partial charge < -0.3 is 9.84 Å². The Bertz CT molecular complexity index is 1790. The fourth-order valence-corrected chi connectivity index (χ4v) is 8.32. The molecule has 0 aromatic heterocycles. The Hall–Kier alpha value is -4.38. The third-order valence-corrected chi connectivity index (χ3v) is 10.3. The summed E-state index contributed by atoms with van der Waals surface area (Å²) in [5.41, 5.74) is 3.62. The number of nitrogens with one attached hydrogen (secondary N) is 1. The Morgan fingerprint density at radius 1 is 0.911 bits per heavy atom. The number of ether oxygens (including phenoxy) is 1. The van der Waals surface area contributed by atoms with Crippen LogP contribution in [0, 0.1) is 23.7 Å². The summed E-state index contributed by atoms with van der Waals surface area (Å²) in [4.78, 5) is 55.7. The number of hydroxylamine groups is 2. The molecule has 4 amide bonds. The van der Waals surface area contributed by atoms with Crippen LogP contribution in [0.1, 0.15) is 29.9 Å². The number of aromatic hydroxyl groups is 1. The number of methoxy groups -OCH3 is 1. The first-order chi connectivity index (χ1) is 21.6. The number of nitrogens with zero attached hydrogens (tertiary/aromatic N) is 2. The third kappa shape index (κ3) is 4.19. The van der Waals surface area contributed by atoms with E-state index in [9.17, 15) is 24.7 Å². The van der Waals surface area contributed by atoms with Gasteiger partial charge in [0.1, 0.15) is 11.5 Å².